The Kier molecular flexibility index (Phi) is 9.51. The highest BCUT2D eigenvalue weighted by Gasteiger charge is 2.22. The Bertz CT molecular complexity index is 663. The highest BCUT2D eigenvalue weighted by molar-refractivity contribution is 14.0. The third kappa shape index (κ3) is 9.26. The fourth-order valence-electron chi connectivity index (χ4n) is 2.09. The molecule has 0 spiro atoms. The SMILES string of the molecule is CCNC(=NCc1ccccc1OCC1CC1)NCCS(N)(=O)=O.I. The number of halogens is 1. The van der Waals surface area contributed by atoms with Crippen LogP contribution in [0, 0.1) is 5.92 Å². The summed E-state index contributed by atoms with van der Waals surface area (Å²) in [5.41, 5.74) is 1.00. The van der Waals surface area contributed by atoms with E-state index in [1.54, 1.807) is 0 Å². The highest BCUT2D eigenvalue weighted by Crippen LogP contribution is 2.30. The molecule has 9 heteroatoms. The van der Waals surface area contributed by atoms with E-state index in [9.17, 15) is 8.42 Å². The van der Waals surface area contributed by atoms with Crippen molar-refractivity contribution < 1.29 is 13.2 Å². The second-order valence-electron chi connectivity index (χ2n) is 5.85. The Labute approximate surface area is 166 Å². The zero-order valence-electron chi connectivity index (χ0n) is 14.4. The number of primary sulfonamides is 1. The lowest BCUT2D eigenvalue weighted by molar-refractivity contribution is 0.297. The molecule has 0 amide bonds. The minimum absolute atomic E-state index is 0. The number of nitrogens with zero attached hydrogens (tertiary/aromatic N) is 1. The third-order valence-electron chi connectivity index (χ3n) is 3.57. The maximum absolute atomic E-state index is 11.0. The zero-order chi connectivity index (χ0) is 17.4. The summed E-state index contributed by atoms with van der Waals surface area (Å²) in [5.74, 6) is 1.96. The lowest BCUT2D eigenvalue weighted by Crippen LogP contribution is -2.40. The second-order valence-corrected chi connectivity index (χ2v) is 7.58. The lowest BCUT2D eigenvalue weighted by Gasteiger charge is -2.12. The van der Waals surface area contributed by atoms with Crippen LogP contribution in [0.2, 0.25) is 0 Å². The first kappa shape index (κ1) is 22.0. The van der Waals surface area contributed by atoms with E-state index in [1.807, 2.05) is 31.2 Å². The van der Waals surface area contributed by atoms with E-state index in [4.69, 9.17) is 9.88 Å². The Balaban J connectivity index is 0.00000312. The van der Waals surface area contributed by atoms with E-state index in [-0.39, 0.29) is 36.3 Å². The highest BCUT2D eigenvalue weighted by atomic mass is 127. The molecule has 4 N–H and O–H groups in total. The van der Waals surface area contributed by atoms with Crippen molar-refractivity contribution in [3.63, 3.8) is 0 Å². The van der Waals surface area contributed by atoms with Gasteiger partial charge in [-0.15, -0.1) is 24.0 Å². The van der Waals surface area contributed by atoms with Gasteiger partial charge in [0.15, 0.2) is 5.96 Å². The summed E-state index contributed by atoms with van der Waals surface area (Å²) in [7, 11) is -3.48. The van der Waals surface area contributed by atoms with Gasteiger partial charge in [0.25, 0.3) is 0 Å². The van der Waals surface area contributed by atoms with Gasteiger partial charge in [0, 0.05) is 18.7 Å². The van der Waals surface area contributed by atoms with Crippen molar-refractivity contribution >= 4 is 40.0 Å². The molecule has 0 aromatic heterocycles. The average Bonchev–Trinajstić information content (AvgIpc) is 3.34. The van der Waals surface area contributed by atoms with Crippen LogP contribution in [0.1, 0.15) is 25.3 Å². The van der Waals surface area contributed by atoms with Crippen LogP contribution < -0.4 is 20.5 Å². The van der Waals surface area contributed by atoms with Crippen LogP contribution in [0.15, 0.2) is 29.3 Å². The summed E-state index contributed by atoms with van der Waals surface area (Å²) in [5, 5.41) is 11.0. The zero-order valence-corrected chi connectivity index (χ0v) is 17.5. The van der Waals surface area contributed by atoms with Crippen LogP contribution in [-0.4, -0.2) is 39.8 Å². The summed E-state index contributed by atoms with van der Waals surface area (Å²) >= 11 is 0. The number of hydrogen-bond acceptors (Lipinski definition) is 4. The molecule has 1 aromatic carbocycles. The van der Waals surface area contributed by atoms with E-state index >= 15 is 0 Å². The predicted octanol–water partition coefficient (Wildman–Crippen LogP) is 1.44. The summed E-state index contributed by atoms with van der Waals surface area (Å²) in [6, 6.07) is 7.84. The van der Waals surface area contributed by atoms with Gasteiger partial charge in [-0.2, -0.15) is 0 Å². The van der Waals surface area contributed by atoms with Gasteiger partial charge in [-0.1, -0.05) is 18.2 Å². The third-order valence-corrected chi connectivity index (χ3v) is 4.35. The Morgan fingerprint density at radius 1 is 1.32 bits per heavy atom. The van der Waals surface area contributed by atoms with Crippen LogP contribution in [0.5, 0.6) is 5.75 Å². The first-order chi connectivity index (χ1) is 11.5. The maximum atomic E-state index is 11.0. The Hall–Kier alpha value is -1.07. The molecule has 0 atom stereocenters. The van der Waals surface area contributed by atoms with Crippen LogP contribution in [-0.2, 0) is 16.6 Å². The lowest BCUT2D eigenvalue weighted by atomic mass is 10.2. The molecule has 1 aliphatic rings. The number of aliphatic imine (C=N–C) groups is 1. The van der Waals surface area contributed by atoms with Crippen molar-refractivity contribution in [2.24, 2.45) is 16.0 Å². The predicted molar refractivity (Wildman–Crippen MR) is 111 cm³/mol. The van der Waals surface area contributed by atoms with Gasteiger partial charge >= 0.3 is 0 Å². The number of nitrogens with one attached hydrogen (secondary N) is 2. The van der Waals surface area contributed by atoms with E-state index in [0.29, 0.717) is 25.0 Å². The average molecular weight is 482 g/mol. The van der Waals surface area contributed by atoms with Crippen LogP contribution in [0.3, 0.4) is 0 Å². The second kappa shape index (κ2) is 10.8. The fourth-order valence-corrected chi connectivity index (χ4v) is 2.47. The van der Waals surface area contributed by atoms with E-state index in [0.717, 1.165) is 17.9 Å². The van der Waals surface area contributed by atoms with Crippen LogP contribution in [0.25, 0.3) is 0 Å². The quantitative estimate of drug-likeness (QED) is 0.281. The van der Waals surface area contributed by atoms with Crippen molar-refractivity contribution in [1.82, 2.24) is 10.6 Å². The van der Waals surface area contributed by atoms with Crippen molar-refractivity contribution in [3.05, 3.63) is 29.8 Å². The van der Waals surface area contributed by atoms with Gasteiger partial charge in [0.05, 0.1) is 18.9 Å². The molecule has 1 aliphatic carbocycles. The first-order valence-corrected chi connectivity index (χ1v) is 9.93. The summed E-state index contributed by atoms with van der Waals surface area (Å²) in [4.78, 5) is 4.49. The molecule has 7 nitrogen and oxygen atoms in total. The molecule has 1 aromatic rings. The molecule has 0 saturated heterocycles. The van der Waals surface area contributed by atoms with Crippen LogP contribution in [0.4, 0.5) is 0 Å². The minimum atomic E-state index is -3.48. The molecule has 25 heavy (non-hydrogen) atoms. The largest absolute Gasteiger partial charge is 0.493 e. The molecular formula is C16H27IN4O3S. The standard InChI is InChI=1S/C16H26N4O3S.HI/c1-2-18-16(19-9-10-24(17,21)22)20-11-14-5-3-4-6-15(14)23-12-13-7-8-13;/h3-6,13H,2,7-12H2,1H3,(H2,17,21,22)(H2,18,19,20);1H. The molecule has 0 aliphatic heterocycles. The maximum Gasteiger partial charge on any atom is 0.210 e. The van der Waals surface area contributed by atoms with Crippen molar-refractivity contribution in [2.75, 3.05) is 25.4 Å². The molecule has 2 rings (SSSR count). The molecule has 0 heterocycles. The number of benzene rings is 1. The van der Waals surface area contributed by atoms with Crippen molar-refractivity contribution in [1.29, 1.82) is 0 Å². The summed E-state index contributed by atoms with van der Waals surface area (Å²) in [6.45, 7) is 4.05. The molecule has 1 saturated carbocycles. The summed E-state index contributed by atoms with van der Waals surface area (Å²) in [6.07, 6.45) is 2.50. The monoisotopic (exact) mass is 482 g/mol. The van der Waals surface area contributed by atoms with E-state index < -0.39 is 10.0 Å². The minimum Gasteiger partial charge on any atom is -0.493 e. The number of nitrogens with two attached hydrogens (primary N) is 1. The van der Waals surface area contributed by atoms with Gasteiger partial charge in [-0.05, 0) is 31.7 Å². The molecule has 1 fully saturated rings. The van der Waals surface area contributed by atoms with Gasteiger partial charge in [-0.25, -0.2) is 18.5 Å². The Morgan fingerprint density at radius 2 is 2.04 bits per heavy atom. The van der Waals surface area contributed by atoms with Gasteiger partial charge < -0.3 is 15.4 Å². The topological polar surface area (TPSA) is 106 Å². The van der Waals surface area contributed by atoms with Crippen LogP contribution >= 0.6 is 24.0 Å². The normalized spacial score (nSPS) is 14.6. The Morgan fingerprint density at radius 3 is 2.68 bits per heavy atom. The smallest absolute Gasteiger partial charge is 0.210 e. The molecular weight excluding hydrogens is 455 g/mol. The molecule has 0 radical (unpaired) electrons. The van der Waals surface area contributed by atoms with Crippen molar-refractivity contribution in [2.45, 2.75) is 26.3 Å². The van der Waals surface area contributed by atoms with Gasteiger partial charge in [-0.3, -0.25) is 0 Å². The molecule has 0 unspecified atom stereocenters. The number of sulfonamides is 1. The first-order valence-electron chi connectivity index (χ1n) is 8.21. The molecule has 0 bridgehead atoms. The number of ether oxygens (including phenoxy) is 1. The van der Waals surface area contributed by atoms with Gasteiger partial charge in [0.2, 0.25) is 10.0 Å². The van der Waals surface area contributed by atoms with Gasteiger partial charge in [0.1, 0.15) is 5.75 Å². The number of rotatable bonds is 9. The van der Waals surface area contributed by atoms with E-state index in [1.165, 1.54) is 12.8 Å². The number of guanidine groups is 1. The fraction of sp³-hybridized carbons (Fsp3) is 0.562. The molecule has 142 valence electrons. The number of hydrogen-bond donors (Lipinski definition) is 3. The van der Waals surface area contributed by atoms with E-state index in [2.05, 4.69) is 15.6 Å². The number of para-hydroxylation sites is 1. The van der Waals surface area contributed by atoms with Crippen molar-refractivity contribution in [3.8, 4) is 5.75 Å². The summed E-state index contributed by atoms with van der Waals surface area (Å²) < 4.78 is 27.8.